The molecule has 20 heavy (non-hydrogen) atoms. The zero-order valence-electron chi connectivity index (χ0n) is 11.7. The Morgan fingerprint density at radius 3 is 2.60 bits per heavy atom. The molecule has 1 amide bonds. The Morgan fingerprint density at radius 2 is 1.95 bits per heavy atom. The molecule has 0 aliphatic carbocycles. The highest BCUT2D eigenvalue weighted by molar-refractivity contribution is 5.94. The van der Waals surface area contributed by atoms with Gasteiger partial charge < -0.3 is 10.6 Å². The molecule has 5 heteroatoms. The fourth-order valence-electron chi connectivity index (χ4n) is 1.92. The van der Waals surface area contributed by atoms with Crippen LogP contribution in [0.4, 0.5) is 5.69 Å². The molecule has 0 saturated carbocycles. The molecule has 0 spiro atoms. The first-order chi connectivity index (χ1) is 9.65. The summed E-state index contributed by atoms with van der Waals surface area (Å²) in [5.74, 6) is -0.0772. The number of nitrogens with zero attached hydrogens (tertiary/aromatic N) is 2. The van der Waals surface area contributed by atoms with Crippen LogP contribution in [0.1, 0.15) is 21.7 Å². The first-order valence-corrected chi connectivity index (χ1v) is 6.52. The number of rotatable bonds is 5. The average molecular weight is 270 g/mol. The van der Waals surface area contributed by atoms with E-state index in [1.165, 1.54) is 0 Å². The number of pyridine rings is 2. The number of aryl methyl sites for hydroxylation is 2. The maximum absolute atomic E-state index is 12.0. The Balaban J connectivity index is 1.80. The molecule has 0 saturated heterocycles. The zero-order valence-corrected chi connectivity index (χ0v) is 11.7. The molecular formula is C15H18N4O. The fourth-order valence-corrected chi connectivity index (χ4v) is 1.92. The van der Waals surface area contributed by atoms with E-state index in [1.807, 2.05) is 26.0 Å². The number of nitrogens with one attached hydrogen (secondary N) is 2. The van der Waals surface area contributed by atoms with Gasteiger partial charge in [-0.1, -0.05) is 0 Å². The molecular weight excluding hydrogens is 252 g/mol. The molecule has 2 aromatic heterocycles. The van der Waals surface area contributed by atoms with Gasteiger partial charge in [0.1, 0.15) is 0 Å². The van der Waals surface area contributed by atoms with Crippen molar-refractivity contribution in [3.63, 3.8) is 0 Å². The van der Waals surface area contributed by atoms with E-state index in [0.717, 1.165) is 17.1 Å². The molecule has 0 aliphatic rings. The van der Waals surface area contributed by atoms with Crippen molar-refractivity contribution in [1.82, 2.24) is 15.3 Å². The van der Waals surface area contributed by atoms with Gasteiger partial charge >= 0.3 is 0 Å². The number of carbonyl (C=O) groups excluding carboxylic acids is 1. The third-order valence-electron chi connectivity index (χ3n) is 2.74. The van der Waals surface area contributed by atoms with Crippen LogP contribution in [0, 0.1) is 13.8 Å². The van der Waals surface area contributed by atoms with Gasteiger partial charge in [0.25, 0.3) is 5.91 Å². The predicted molar refractivity (Wildman–Crippen MR) is 78.8 cm³/mol. The number of anilines is 1. The van der Waals surface area contributed by atoms with Crippen molar-refractivity contribution >= 4 is 11.6 Å². The molecule has 2 rings (SSSR count). The first kappa shape index (κ1) is 14.0. The van der Waals surface area contributed by atoms with Gasteiger partial charge in [0.05, 0.1) is 5.69 Å². The summed E-state index contributed by atoms with van der Waals surface area (Å²) in [7, 11) is 0. The van der Waals surface area contributed by atoms with Gasteiger partial charge in [-0.3, -0.25) is 14.8 Å². The third-order valence-corrected chi connectivity index (χ3v) is 2.74. The summed E-state index contributed by atoms with van der Waals surface area (Å²) >= 11 is 0. The van der Waals surface area contributed by atoms with Crippen molar-refractivity contribution in [1.29, 1.82) is 0 Å². The monoisotopic (exact) mass is 270 g/mol. The van der Waals surface area contributed by atoms with Crippen molar-refractivity contribution in [2.75, 3.05) is 18.4 Å². The second-order valence-electron chi connectivity index (χ2n) is 4.56. The second kappa shape index (κ2) is 6.65. The van der Waals surface area contributed by atoms with E-state index in [2.05, 4.69) is 20.6 Å². The lowest BCUT2D eigenvalue weighted by molar-refractivity contribution is 0.0955. The zero-order chi connectivity index (χ0) is 14.4. The highest BCUT2D eigenvalue weighted by Gasteiger charge is 2.06. The highest BCUT2D eigenvalue weighted by atomic mass is 16.1. The van der Waals surface area contributed by atoms with Gasteiger partial charge in [-0.15, -0.1) is 0 Å². The molecule has 104 valence electrons. The van der Waals surface area contributed by atoms with Crippen LogP contribution in [0.15, 0.2) is 36.7 Å². The normalized spacial score (nSPS) is 10.1. The fraction of sp³-hybridized carbons (Fsp3) is 0.267. The quantitative estimate of drug-likeness (QED) is 0.815. The van der Waals surface area contributed by atoms with Crippen LogP contribution in [0.25, 0.3) is 0 Å². The summed E-state index contributed by atoms with van der Waals surface area (Å²) in [5.41, 5.74) is 3.29. The van der Waals surface area contributed by atoms with Crippen molar-refractivity contribution in [3.8, 4) is 0 Å². The van der Waals surface area contributed by atoms with Gasteiger partial charge in [-0.2, -0.15) is 0 Å². The van der Waals surface area contributed by atoms with E-state index in [-0.39, 0.29) is 5.91 Å². The van der Waals surface area contributed by atoms with Crippen molar-refractivity contribution in [3.05, 3.63) is 53.6 Å². The van der Waals surface area contributed by atoms with Crippen LogP contribution in [0.2, 0.25) is 0 Å². The Morgan fingerprint density at radius 1 is 1.20 bits per heavy atom. The molecule has 0 aliphatic heterocycles. The number of amides is 1. The Bertz CT molecular complexity index is 563. The minimum atomic E-state index is -0.0772. The van der Waals surface area contributed by atoms with E-state index in [4.69, 9.17) is 0 Å². The third kappa shape index (κ3) is 4.05. The molecule has 0 bridgehead atoms. The Hall–Kier alpha value is -2.43. The van der Waals surface area contributed by atoms with Gasteiger partial charge in [-0.25, -0.2) is 0 Å². The molecule has 0 aromatic carbocycles. The van der Waals surface area contributed by atoms with Crippen LogP contribution in [0.5, 0.6) is 0 Å². The molecule has 0 atom stereocenters. The maximum Gasteiger partial charge on any atom is 0.251 e. The minimum Gasteiger partial charge on any atom is -0.382 e. The van der Waals surface area contributed by atoms with E-state index in [9.17, 15) is 4.79 Å². The molecule has 0 radical (unpaired) electrons. The lowest BCUT2D eigenvalue weighted by Crippen LogP contribution is -2.29. The molecule has 2 aromatic rings. The number of carbonyl (C=O) groups is 1. The molecule has 5 nitrogen and oxygen atoms in total. The van der Waals surface area contributed by atoms with Gasteiger partial charge in [0.2, 0.25) is 0 Å². The molecule has 0 fully saturated rings. The van der Waals surface area contributed by atoms with Crippen LogP contribution in [-0.4, -0.2) is 29.0 Å². The lowest BCUT2D eigenvalue weighted by Gasteiger charge is -2.08. The summed E-state index contributed by atoms with van der Waals surface area (Å²) in [5, 5.41) is 6.06. The van der Waals surface area contributed by atoms with E-state index < -0.39 is 0 Å². The largest absolute Gasteiger partial charge is 0.382 e. The van der Waals surface area contributed by atoms with E-state index in [1.54, 1.807) is 24.5 Å². The summed E-state index contributed by atoms with van der Waals surface area (Å²) in [4.78, 5) is 20.2. The van der Waals surface area contributed by atoms with E-state index >= 15 is 0 Å². The standard InChI is InChI=1S/C15H18N4O/c1-11-8-13(9-12(2)19-11)15(20)18-7-6-17-14-4-3-5-16-10-14/h3-5,8-10,17H,6-7H2,1-2H3,(H,18,20). The summed E-state index contributed by atoms with van der Waals surface area (Å²) in [6, 6.07) is 7.38. The average Bonchev–Trinajstić information content (AvgIpc) is 2.43. The maximum atomic E-state index is 12.0. The van der Waals surface area contributed by atoms with E-state index in [0.29, 0.717) is 18.7 Å². The molecule has 0 unspecified atom stereocenters. The van der Waals surface area contributed by atoms with Gasteiger partial charge in [0.15, 0.2) is 0 Å². The predicted octanol–water partition coefficient (Wildman–Crippen LogP) is 1.94. The lowest BCUT2D eigenvalue weighted by atomic mass is 10.2. The Kier molecular flexibility index (Phi) is 4.65. The summed E-state index contributed by atoms with van der Waals surface area (Å²) in [6.07, 6.45) is 3.47. The Labute approximate surface area is 118 Å². The van der Waals surface area contributed by atoms with Crippen LogP contribution >= 0.6 is 0 Å². The molecule has 2 heterocycles. The number of aromatic nitrogens is 2. The SMILES string of the molecule is Cc1cc(C(=O)NCCNc2cccnc2)cc(C)n1. The number of hydrogen-bond acceptors (Lipinski definition) is 4. The van der Waals surface area contributed by atoms with Crippen LogP contribution < -0.4 is 10.6 Å². The van der Waals surface area contributed by atoms with Crippen molar-refractivity contribution in [2.24, 2.45) is 0 Å². The van der Waals surface area contributed by atoms with Gasteiger partial charge in [0, 0.05) is 42.4 Å². The topological polar surface area (TPSA) is 66.9 Å². The summed E-state index contributed by atoms with van der Waals surface area (Å²) in [6.45, 7) is 4.97. The smallest absolute Gasteiger partial charge is 0.251 e. The van der Waals surface area contributed by atoms with Crippen molar-refractivity contribution in [2.45, 2.75) is 13.8 Å². The van der Waals surface area contributed by atoms with Gasteiger partial charge in [-0.05, 0) is 38.1 Å². The van der Waals surface area contributed by atoms with Crippen molar-refractivity contribution < 1.29 is 4.79 Å². The summed E-state index contributed by atoms with van der Waals surface area (Å²) < 4.78 is 0. The second-order valence-corrected chi connectivity index (χ2v) is 4.56. The minimum absolute atomic E-state index is 0.0772. The van der Waals surface area contributed by atoms with Crippen LogP contribution in [0.3, 0.4) is 0 Å². The molecule has 2 N–H and O–H groups in total. The first-order valence-electron chi connectivity index (χ1n) is 6.52. The van der Waals surface area contributed by atoms with Crippen LogP contribution in [-0.2, 0) is 0 Å². The highest BCUT2D eigenvalue weighted by Crippen LogP contribution is 2.05. The number of hydrogen-bond donors (Lipinski definition) is 2.